The molecular formula is C15H14Cl2N3OS+. The minimum atomic E-state index is -0.157. The first-order valence-corrected chi connectivity index (χ1v) is 8.20. The predicted molar refractivity (Wildman–Crippen MR) is 89.3 cm³/mol. The summed E-state index contributed by atoms with van der Waals surface area (Å²) in [5.41, 5.74) is 1.40. The first-order chi connectivity index (χ1) is 10.5. The molecule has 0 fully saturated rings. The molecule has 0 aliphatic heterocycles. The number of nitriles is 1. The molecule has 1 heterocycles. The first-order valence-electron chi connectivity index (χ1n) is 6.57. The monoisotopic (exact) mass is 354 g/mol. The van der Waals surface area contributed by atoms with Crippen LogP contribution in [0.3, 0.4) is 0 Å². The molecule has 7 heteroatoms. The second-order valence-corrected chi connectivity index (χ2v) is 6.48. The van der Waals surface area contributed by atoms with Crippen molar-refractivity contribution < 1.29 is 10.1 Å². The zero-order valence-corrected chi connectivity index (χ0v) is 14.1. The molecule has 22 heavy (non-hydrogen) atoms. The molecular weight excluding hydrogens is 341 g/mol. The molecule has 2 rings (SSSR count). The van der Waals surface area contributed by atoms with Crippen LogP contribution in [0.4, 0.5) is 5.00 Å². The number of hydrogen-bond acceptors (Lipinski definition) is 3. The number of hydrogen-bond donors (Lipinski definition) is 2. The van der Waals surface area contributed by atoms with Crippen LogP contribution in [0.5, 0.6) is 0 Å². The van der Waals surface area contributed by atoms with Gasteiger partial charge in [0.1, 0.15) is 17.1 Å². The number of amides is 1. The summed E-state index contributed by atoms with van der Waals surface area (Å²) in [7, 11) is 0. The number of benzene rings is 1. The molecule has 2 aromatic rings. The summed E-state index contributed by atoms with van der Waals surface area (Å²) >= 11 is 13.4. The van der Waals surface area contributed by atoms with E-state index in [0.29, 0.717) is 20.6 Å². The van der Waals surface area contributed by atoms with Gasteiger partial charge in [-0.15, -0.1) is 11.3 Å². The van der Waals surface area contributed by atoms with Gasteiger partial charge in [-0.05, 0) is 30.5 Å². The molecule has 3 N–H and O–H groups in total. The molecule has 0 spiro atoms. The van der Waals surface area contributed by atoms with Crippen molar-refractivity contribution in [3.05, 3.63) is 50.8 Å². The van der Waals surface area contributed by atoms with E-state index in [0.717, 1.165) is 5.56 Å². The molecule has 0 saturated heterocycles. The number of nitrogens with one attached hydrogen (secondary N) is 1. The van der Waals surface area contributed by atoms with Crippen molar-refractivity contribution >= 4 is 45.4 Å². The fourth-order valence-corrected chi connectivity index (χ4v) is 3.29. The summed E-state index contributed by atoms with van der Waals surface area (Å²) in [4.78, 5) is 12.0. The molecule has 114 valence electrons. The van der Waals surface area contributed by atoms with Crippen LogP contribution in [0.2, 0.25) is 10.0 Å². The summed E-state index contributed by atoms with van der Waals surface area (Å²) in [5.74, 6) is -0.157. The van der Waals surface area contributed by atoms with Gasteiger partial charge in [-0.2, -0.15) is 5.26 Å². The average Bonchev–Trinajstić information content (AvgIpc) is 2.92. The second-order valence-electron chi connectivity index (χ2n) is 4.72. The topological polar surface area (TPSA) is 69.5 Å². The molecule has 0 unspecified atom stereocenters. The van der Waals surface area contributed by atoms with E-state index in [1.165, 1.54) is 11.3 Å². The van der Waals surface area contributed by atoms with Crippen molar-refractivity contribution in [3.8, 4) is 6.07 Å². The lowest BCUT2D eigenvalue weighted by atomic mass is 10.1. The van der Waals surface area contributed by atoms with Crippen LogP contribution >= 0.6 is 34.5 Å². The fourth-order valence-electron chi connectivity index (χ4n) is 1.95. The standard InChI is InChI=1S/C15H13Cl2N3OS/c1-9(12-3-2-11(16)6-13(12)17)19-8-14(21)20-15-10(7-18)4-5-22-15/h2-6,9,19H,8H2,1H3,(H,20,21)/p+1/t9-/m0/s1. The highest BCUT2D eigenvalue weighted by Gasteiger charge is 2.16. The molecule has 1 aromatic heterocycles. The van der Waals surface area contributed by atoms with Crippen LogP contribution in [0.1, 0.15) is 24.1 Å². The second kappa shape index (κ2) is 7.61. The van der Waals surface area contributed by atoms with Gasteiger partial charge in [0.25, 0.3) is 5.91 Å². The maximum atomic E-state index is 12.0. The quantitative estimate of drug-likeness (QED) is 0.865. The van der Waals surface area contributed by atoms with Crippen LogP contribution in [0.25, 0.3) is 0 Å². The lowest BCUT2D eigenvalue weighted by Crippen LogP contribution is -2.86. The zero-order valence-electron chi connectivity index (χ0n) is 11.8. The van der Waals surface area contributed by atoms with E-state index < -0.39 is 0 Å². The first kappa shape index (κ1) is 16.8. The normalized spacial score (nSPS) is 11.7. The third kappa shape index (κ3) is 4.21. The highest BCUT2D eigenvalue weighted by atomic mass is 35.5. The van der Waals surface area contributed by atoms with Gasteiger partial charge in [0, 0.05) is 10.6 Å². The third-order valence-electron chi connectivity index (χ3n) is 3.15. The van der Waals surface area contributed by atoms with Gasteiger partial charge in [0.15, 0.2) is 6.54 Å². The van der Waals surface area contributed by atoms with Crippen molar-refractivity contribution in [2.45, 2.75) is 13.0 Å². The summed E-state index contributed by atoms with van der Waals surface area (Å²) < 4.78 is 0. The maximum absolute atomic E-state index is 12.0. The fraction of sp³-hybridized carbons (Fsp3) is 0.200. The molecule has 0 saturated carbocycles. The van der Waals surface area contributed by atoms with Gasteiger partial charge in [-0.3, -0.25) is 4.79 Å². The zero-order chi connectivity index (χ0) is 16.1. The highest BCUT2D eigenvalue weighted by molar-refractivity contribution is 7.14. The number of carbonyl (C=O) groups excluding carboxylic acids is 1. The van der Waals surface area contributed by atoms with Crippen LogP contribution < -0.4 is 10.6 Å². The van der Waals surface area contributed by atoms with Crippen LogP contribution in [-0.2, 0) is 4.79 Å². The van der Waals surface area contributed by atoms with E-state index in [1.54, 1.807) is 23.6 Å². The third-order valence-corrected chi connectivity index (χ3v) is 4.54. The van der Waals surface area contributed by atoms with Gasteiger partial charge < -0.3 is 10.6 Å². The van der Waals surface area contributed by atoms with Crippen molar-refractivity contribution in [1.82, 2.24) is 0 Å². The SMILES string of the molecule is C[C@H]([NH2+]CC(=O)Nc1sccc1C#N)c1ccc(Cl)cc1Cl. The number of thiophene rings is 1. The number of quaternary nitrogens is 1. The van der Waals surface area contributed by atoms with E-state index in [2.05, 4.69) is 5.32 Å². The Morgan fingerprint density at radius 2 is 2.23 bits per heavy atom. The minimum Gasteiger partial charge on any atom is -0.332 e. The lowest BCUT2D eigenvalue weighted by Gasteiger charge is -2.12. The number of carbonyl (C=O) groups is 1. The maximum Gasteiger partial charge on any atom is 0.280 e. The molecule has 0 bridgehead atoms. The van der Waals surface area contributed by atoms with Crippen LogP contribution in [0, 0.1) is 11.3 Å². The smallest absolute Gasteiger partial charge is 0.280 e. The van der Waals surface area contributed by atoms with Gasteiger partial charge in [0.2, 0.25) is 0 Å². The van der Waals surface area contributed by atoms with Gasteiger partial charge in [-0.25, -0.2) is 0 Å². The van der Waals surface area contributed by atoms with Crippen molar-refractivity contribution in [2.75, 3.05) is 11.9 Å². The van der Waals surface area contributed by atoms with Crippen molar-refractivity contribution in [2.24, 2.45) is 0 Å². The average molecular weight is 355 g/mol. The van der Waals surface area contributed by atoms with Crippen molar-refractivity contribution in [1.29, 1.82) is 5.26 Å². The van der Waals surface area contributed by atoms with E-state index in [9.17, 15) is 4.79 Å². The molecule has 1 aromatic carbocycles. The summed E-state index contributed by atoms with van der Waals surface area (Å²) in [6.07, 6.45) is 0. The lowest BCUT2D eigenvalue weighted by molar-refractivity contribution is -0.682. The largest absolute Gasteiger partial charge is 0.332 e. The number of rotatable bonds is 5. The Kier molecular flexibility index (Phi) is 5.81. The molecule has 4 nitrogen and oxygen atoms in total. The Morgan fingerprint density at radius 1 is 1.45 bits per heavy atom. The van der Waals surface area contributed by atoms with Crippen LogP contribution in [0.15, 0.2) is 29.6 Å². The van der Waals surface area contributed by atoms with Gasteiger partial charge in [0.05, 0.1) is 10.6 Å². The minimum absolute atomic E-state index is 0.0225. The number of anilines is 1. The molecule has 0 radical (unpaired) electrons. The van der Waals surface area contributed by atoms with Gasteiger partial charge in [-0.1, -0.05) is 29.3 Å². The summed E-state index contributed by atoms with van der Waals surface area (Å²) in [6, 6.07) is 9.07. The molecule has 1 atom stereocenters. The predicted octanol–water partition coefficient (Wildman–Crippen LogP) is 3.19. The Balaban J connectivity index is 1.92. The number of nitrogens with zero attached hydrogens (tertiary/aromatic N) is 1. The Bertz CT molecular complexity index is 724. The molecule has 1 amide bonds. The van der Waals surface area contributed by atoms with Crippen LogP contribution in [-0.4, -0.2) is 12.5 Å². The summed E-state index contributed by atoms with van der Waals surface area (Å²) in [5, 5.41) is 17.1. The van der Waals surface area contributed by atoms with E-state index in [-0.39, 0.29) is 18.5 Å². The Morgan fingerprint density at radius 3 is 2.91 bits per heavy atom. The molecule has 0 aliphatic carbocycles. The summed E-state index contributed by atoms with van der Waals surface area (Å²) in [6.45, 7) is 2.21. The van der Waals surface area contributed by atoms with Gasteiger partial charge >= 0.3 is 0 Å². The number of halogens is 2. The number of nitrogens with two attached hydrogens (primary N) is 1. The highest BCUT2D eigenvalue weighted by Crippen LogP contribution is 2.24. The van der Waals surface area contributed by atoms with E-state index in [4.69, 9.17) is 28.5 Å². The molecule has 0 aliphatic rings. The van der Waals surface area contributed by atoms with Crippen molar-refractivity contribution in [3.63, 3.8) is 0 Å². The van der Waals surface area contributed by atoms with E-state index >= 15 is 0 Å². The van der Waals surface area contributed by atoms with E-state index in [1.807, 2.05) is 24.4 Å². The Labute approximate surface area is 142 Å². The Hall–Kier alpha value is -1.58.